The minimum atomic E-state index is -1.02. The van der Waals surface area contributed by atoms with Gasteiger partial charge in [0.15, 0.2) is 28.7 Å². The molecule has 0 amide bonds. The number of hydrogen-bond acceptors (Lipinski definition) is 10. The molecule has 0 aromatic heterocycles. The summed E-state index contributed by atoms with van der Waals surface area (Å²) in [7, 11) is 0. The molecule has 4 aliphatic heterocycles. The first-order valence-corrected chi connectivity index (χ1v) is 19.0. The molecular formula is C37H56INO9. The van der Waals surface area contributed by atoms with E-state index in [1.54, 1.807) is 0 Å². The topological polar surface area (TPSA) is 107 Å². The average molecular weight is 786 g/mol. The maximum absolute atomic E-state index is 10.4. The van der Waals surface area contributed by atoms with Crippen molar-refractivity contribution in [3.63, 3.8) is 0 Å². The average Bonchev–Trinajstić information content (AvgIpc) is 3.26. The third kappa shape index (κ3) is 10.6. The highest BCUT2D eigenvalue weighted by Crippen LogP contribution is 2.45. The first kappa shape index (κ1) is 38.3. The second kappa shape index (κ2) is 15.0. The van der Waals surface area contributed by atoms with Gasteiger partial charge >= 0.3 is 0 Å². The van der Waals surface area contributed by atoms with E-state index in [0.717, 1.165) is 22.8 Å². The van der Waals surface area contributed by atoms with Crippen LogP contribution in [-0.2, 0) is 49.2 Å². The van der Waals surface area contributed by atoms with E-state index in [4.69, 9.17) is 42.6 Å². The first-order valence-electron chi connectivity index (χ1n) is 17.4. The SMILES string of the molecule is CC1(C)O[C@@H](CC2(C[C@@H]3C[C@@H](CCOCc4ccccc4)OC(C)(C)O3)COC(C)(C)O2)C[C@H](C[C@]2(C#N)C[C@@H](CI)OC(C)(C)O2)O1. The van der Waals surface area contributed by atoms with Crippen molar-refractivity contribution in [2.75, 3.05) is 17.6 Å². The lowest BCUT2D eigenvalue weighted by Crippen LogP contribution is -2.56. The van der Waals surface area contributed by atoms with Crippen LogP contribution in [0.1, 0.15) is 106 Å². The Labute approximate surface area is 300 Å². The smallest absolute Gasteiger partial charge is 0.165 e. The van der Waals surface area contributed by atoms with E-state index in [2.05, 4.69) is 40.8 Å². The lowest BCUT2D eigenvalue weighted by Gasteiger charge is -2.49. The normalized spacial score (nSPS) is 37.1. The minimum Gasteiger partial charge on any atom is -0.377 e. The largest absolute Gasteiger partial charge is 0.377 e. The summed E-state index contributed by atoms with van der Waals surface area (Å²) in [6.07, 6.45) is 3.58. The highest BCUT2D eigenvalue weighted by atomic mass is 127. The number of ether oxygens (including phenoxy) is 9. The van der Waals surface area contributed by atoms with Gasteiger partial charge in [0.25, 0.3) is 0 Å². The van der Waals surface area contributed by atoms with E-state index in [0.29, 0.717) is 51.9 Å². The molecule has 4 heterocycles. The van der Waals surface area contributed by atoms with Crippen LogP contribution in [0.2, 0.25) is 0 Å². The zero-order valence-corrected chi connectivity index (χ0v) is 32.2. The molecule has 0 aliphatic carbocycles. The van der Waals surface area contributed by atoms with Crippen LogP contribution in [0.3, 0.4) is 0 Å². The summed E-state index contributed by atoms with van der Waals surface area (Å²) in [4.78, 5) is 0. The molecule has 4 fully saturated rings. The van der Waals surface area contributed by atoms with Crippen molar-refractivity contribution in [1.82, 2.24) is 0 Å². The third-order valence-electron chi connectivity index (χ3n) is 9.28. The zero-order chi connectivity index (χ0) is 34.8. The summed E-state index contributed by atoms with van der Waals surface area (Å²) in [6, 6.07) is 12.7. The van der Waals surface area contributed by atoms with Crippen LogP contribution in [-0.4, -0.2) is 82.5 Å². The Hall–Kier alpha value is -0.920. The van der Waals surface area contributed by atoms with Crippen molar-refractivity contribution < 1.29 is 42.6 Å². The highest BCUT2D eigenvalue weighted by Gasteiger charge is 2.53. The van der Waals surface area contributed by atoms with Gasteiger partial charge in [0.2, 0.25) is 0 Å². The molecule has 0 radical (unpaired) electrons. The van der Waals surface area contributed by atoms with Gasteiger partial charge in [-0.05, 0) is 67.4 Å². The van der Waals surface area contributed by atoms with Crippen molar-refractivity contribution >= 4 is 22.6 Å². The van der Waals surface area contributed by atoms with Gasteiger partial charge in [-0.1, -0.05) is 52.9 Å². The van der Waals surface area contributed by atoms with Crippen LogP contribution in [0.4, 0.5) is 0 Å². The third-order valence-corrected chi connectivity index (χ3v) is 10.3. The Balaban J connectivity index is 1.26. The van der Waals surface area contributed by atoms with Gasteiger partial charge in [0.05, 0.1) is 55.4 Å². The van der Waals surface area contributed by atoms with Crippen molar-refractivity contribution in [2.45, 2.75) is 172 Å². The van der Waals surface area contributed by atoms with Crippen molar-refractivity contribution in [2.24, 2.45) is 0 Å². The molecule has 1 aromatic rings. The fourth-order valence-electron chi connectivity index (χ4n) is 8.01. The zero-order valence-electron chi connectivity index (χ0n) is 30.1. The van der Waals surface area contributed by atoms with Crippen LogP contribution in [0.5, 0.6) is 0 Å². The van der Waals surface area contributed by atoms with Crippen LogP contribution in [0.15, 0.2) is 30.3 Å². The molecule has 11 heteroatoms. The summed E-state index contributed by atoms with van der Waals surface area (Å²) in [6.45, 7) is 17.1. The van der Waals surface area contributed by atoms with Gasteiger partial charge in [-0.25, -0.2) is 0 Å². The molecular weight excluding hydrogens is 729 g/mol. The van der Waals surface area contributed by atoms with Gasteiger partial charge in [-0.3, -0.25) is 0 Å². The molecule has 270 valence electrons. The van der Waals surface area contributed by atoms with Gasteiger partial charge < -0.3 is 42.6 Å². The number of halogens is 1. The molecule has 7 atom stereocenters. The van der Waals surface area contributed by atoms with Crippen LogP contribution in [0, 0.1) is 11.3 Å². The van der Waals surface area contributed by atoms with E-state index in [9.17, 15) is 5.26 Å². The van der Waals surface area contributed by atoms with Crippen LogP contribution in [0.25, 0.3) is 0 Å². The molecule has 4 aliphatic rings. The monoisotopic (exact) mass is 785 g/mol. The van der Waals surface area contributed by atoms with E-state index >= 15 is 0 Å². The Bertz CT molecular complexity index is 1250. The van der Waals surface area contributed by atoms with E-state index in [1.165, 1.54) is 0 Å². The molecule has 10 nitrogen and oxygen atoms in total. The Morgan fingerprint density at radius 1 is 0.729 bits per heavy atom. The lowest BCUT2D eigenvalue weighted by atomic mass is 9.83. The fraction of sp³-hybridized carbons (Fsp3) is 0.811. The quantitative estimate of drug-likeness (QED) is 0.121. The van der Waals surface area contributed by atoms with Gasteiger partial charge in [-0.15, -0.1) is 0 Å². The van der Waals surface area contributed by atoms with Crippen molar-refractivity contribution in [3.8, 4) is 6.07 Å². The number of nitrogens with zero attached hydrogens (tertiary/aromatic N) is 1. The molecule has 1 unspecified atom stereocenters. The lowest BCUT2D eigenvalue weighted by molar-refractivity contribution is -0.339. The number of benzene rings is 1. The Morgan fingerprint density at radius 3 is 1.85 bits per heavy atom. The minimum absolute atomic E-state index is 0.0122. The summed E-state index contributed by atoms with van der Waals surface area (Å²) in [5, 5.41) is 10.4. The highest BCUT2D eigenvalue weighted by molar-refractivity contribution is 14.1. The Morgan fingerprint density at radius 2 is 1.29 bits per heavy atom. The van der Waals surface area contributed by atoms with Gasteiger partial charge in [0, 0.05) is 49.6 Å². The molecule has 4 saturated heterocycles. The van der Waals surface area contributed by atoms with Gasteiger partial charge in [0.1, 0.15) is 0 Å². The molecule has 0 saturated carbocycles. The molecule has 0 bridgehead atoms. The number of rotatable bonds is 12. The van der Waals surface area contributed by atoms with E-state index < -0.39 is 34.4 Å². The maximum atomic E-state index is 10.4. The first-order chi connectivity index (χ1) is 22.4. The molecule has 48 heavy (non-hydrogen) atoms. The summed E-state index contributed by atoms with van der Waals surface area (Å²) >= 11 is 2.31. The van der Waals surface area contributed by atoms with E-state index in [-0.39, 0.29) is 30.5 Å². The van der Waals surface area contributed by atoms with Crippen molar-refractivity contribution in [3.05, 3.63) is 35.9 Å². The summed E-state index contributed by atoms with van der Waals surface area (Å²) in [5.41, 5.74) is -0.507. The summed E-state index contributed by atoms with van der Waals surface area (Å²) < 4.78 is 58.1. The number of nitriles is 1. The second-order valence-corrected chi connectivity index (χ2v) is 16.7. The fourth-order valence-corrected chi connectivity index (χ4v) is 8.50. The second-order valence-electron chi connectivity index (χ2n) is 15.8. The van der Waals surface area contributed by atoms with Crippen LogP contribution >= 0.6 is 22.6 Å². The Kier molecular flexibility index (Phi) is 12.0. The predicted molar refractivity (Wildman–Crippen MR) is 187 cm³/mol. The van der Waals surface area contributed by atoms with E-state index in [1.807, 2.05) is 73.6 Å². The number of alkyl halides is 1. The number of hydrogen-bond donors (Lipinski definition) is 0. The van der Waals surface area contributed by atoms with Crippen molar-refractivity contribution in [1.29, 1.82) is 5.26 Å². The maximum Gasteiger partial charge on any atom is 0.165 e. The molecule has 5 rings (SSSR count). The molecule has 1 aromatic carbocycles. The summed E-state index contributed by atoms with van der Waals surface area (Å²) in [5.74, 6) is -3.21. The molecule has 0 spiro atoms. The van der Waals surface area contributed by atoms with Gasteiger partial charge in [-0.2, -0.15) is 5.26 Å². The standard InChI is InChI=1S/C37H56INO9/c1-32(2)41-25-37(47-32,19-28-16-27(42-33(3,4)43-28)14-15-40-23-26-12-10-9-11-13-26)20-30-17-29(44-34(5,6)45-30)18-36(24-39)21-31(22-38)46-35(7,8)48-36/h9-13,27-31H,14-23,25H2,1-8H3/t27-,28+,29-,30-,31+,36-,37?/m1/s1. The van der Waals surface area contributed by atoms with Crippen LogP contribution < -0.4 is 0 Å². The predicted octanol–water partition coefficient (Wildman–Crippen LogP) is 7.34. The molecule has 0 N–H and O–H groups in total.